The molecule has 1 heteroatoms. The molecule has 0 aromatic rings. The topological polar surface area (TPSA) is 0 Å². The molecule has 0 atom stereocenters. The summed E-state index contributed by atoms with van der Waals surface area (Å²) in [4.78, 5) is 0. The van der Waals surface area contributed by atoms with Gasteiger partial charge in [0.1, 0.15) is 0 Å². The Morgan fingerprint density at radius 1 is 1.80 bits per heavy atom. The summed E-state index contributed by atoms with van der Waals surface area (Å²) in [6, 6.07) is 0. The average Bonchev–Trinajstić information content (AvgIpc) is 0.811. The van der Waals surface area contributed by atoms with Crippen LogP contribution in [0.4, 0.5) is 0 Å². The van der Waals surface area contributed by atoms with Gasteiger partial charge in [-0.2, -0.15) is 0 Å². The molecule has 0 aliphatic carbocycles. The molecular formula is C4H4Y-2. The summed E-state index contributed by atoms with van der Waals surface area (Å²) in [7, 11) is 0. The summed E-state index contributed by atoms with van der Waals surface area (Å²) >= 11 is 0. The van der Waals surface area contributed by atoms with Gasteiger partial charge in [-0.15, -0.1) is 0 Å². The summed E-state index contributed by atoms with van der Waals surface area (Å²) in [6.45, 7) is 12.5. The van der Waals surface area contributed by atoms with Gasteiger partial charge in [0.2, 0.25) is 0 Å². The van der Waals surface area contributed by atoms with Crippen LogP contribution in [0.5, 0.6) is 0 Å². The van der Waals surface area contributed by atoms with E-state index >= 15 is 0 Å². The van der Waals surface area contributed by atoms with Crippen LogP contribution in [-0.4, -0.2) is 0 Å². The van der Waals surface area contributed by atoms with Gasteiger partial charge in [0.15, 0.2) is 0 Å². The van der Waals surface area contributed by atoms with Crippen molar-refractivity contribution in [3.05, 3.63) is 26.0 Å². The second-order valence-corrected chi connectivity index (χ2v) is 0.604. The van der Waals surface area contributed by atoms with Crippen molar-refractivity contribution < 1.29 is 32.7 Å². The van der Waals surface area contributed by atoms with Crippen molar-refractivity contribution in [2.75, 3.05) is 0 Å². The fourth-order valence-electron chi connectivity index (χ4n) is 0. The first kappa shape index (κ1) is 9.13. The SMILES string of the molecule is [C-]C(=C)[CH2-].[Y]. The van der Waals surface area contributed by atoms with Gasteiger partial charge in [-0.1, -0.05) is 0 Å². The fraction of sp³-hybridized carbons (Fsp3) is 0. The van der Waals surface area contributed by atoms with Crippen molar-refractivity contribution in [1.29, 1.82) is 0 Å². The van der Waals surface area contributed by atoms with Crippen molar-refractivity contribution in [3.8, 4) is 0 Å². The maximum Gasteiger partial charge on any atom is 0 e. The van der Waals surface area contributed by atoms with E-state index in [9.17, 15) is 0 Å². The van der Waals surface area contributed by atoms with Gasteiger partial charge in [0.05, 0.1) is 0 Å². The molecule has 0 fully saturated rings. The van der Waals surface area contributed by atoms with Crippen molar-refractivity contribution in [2.45, 2.75) is 0 Å². The van der Waals surface area contributed by atoms with Crippen LogP contribution in [0.15, 0.2) is 12.2 Å². The first-order chi connectivity index (χ1) is 1.73. The van der Waals surface area contributed by atoms with E-state index in [1.54, 1.807) is 0 Å². The molecule has 0 N–H and O–H groups in total. The van der Waals surface area contributed by atoms with E-state index in [1.165, 1.54) is 0 Å². The monoisotopic (exact) mass is 141 g/mol. The van der Waals surface area contributed by atoms with Crippen LogP contribution in [0, 0.1) is 13.8 Å². The van der Waals surface area contributed by atoms with Crippen molar-refractivity contribution in [1.82, 2.24) is 0 Å². The van der Waals surface area contributed by atoms with Gasteiger partial charge in [-0.05, 0) is 0 Å². The molecule has 0 amide bonds. The Kier molecular flexibility index (Phi) is 8.37. The van der Waals surface area contributed by atoms with Crippen molar-refractivity contribution >= 4 is 0 Å². The van der Waals surface area contributed by atoms with E-state index in [2.05, 4.69) is 13.5 Å². The van der Waals surface area contributed by atoms with Crippen LogP contribution in [0.3, 0.4) is 0 Å². The Balaban J connectivity index is 0. The Morgan fingerprint density at radius 3 is 1.80 bits per heavy atom. The Morgan fingerprint density at radius 2 is 1.80 bits per heavy atom. The summed E-state index contributed by atoms with van der Waals surface area (Å²) in [5.74, 6) is 0. The largest absolute Gasteiger partial charge is 0.505 e. The van der Waals surface area contributed by atoms with E-state index < -0.39 is 0 Å². The van der Waals surface area contributed by atoms with E-state index in [4.69, 9.17) is 6.92 Å². The second-order valence-electron chi connectivity index (χ2n) is 0.604. The van der Waals surface area contributed by atoms with Gasteiger partial charge in [0, 0.05) is 32.7 Å². The normalized spacial score (nSPS) is 4.80. The zero-order chi connectivity index (χ0) is 3.58. The van der Waals surface area contributed by atoms with Crippen molar-refractivity contribution in [2.24, 2.45) is 0 Å². The average molecular weight is 141 g/mol. The minimum atomic E-state index is 0. The van der Waals surface area contributed by atoms with Crippen LogP contribution in [0.25, 0.3) is 0 Å². The van der Waals surface area contributed by atoms with E-state index in [0.717, 1.165) is 0 Å². The standard InChI is InChI=1S/C4H4.Y/c1-4(2)3;/h1-2H2;/q-2;. The molecule has 0 rings (SSSR count). The van der Waals surface area contributed by atoms with Crippen LogP contribution in [0.1, 0.15) is 0 Å². The molecule has 0 aliphatic heterocycles. The van der Waals surface area contributed by atoms with Crippen molar-refractivity contribution in [3.63, 3.8) is 0 Å². The predicted octanol–water partition coefficient (Wildman–Crippen LogP) is 0.962. The van der Waals surface area contributed by atoms with Crippen LogP contribution in [0.2, 0.25) is 0 Å². The minimum absolute atomic E-state index is 0. The Labute approximate surface area is 58.5 Å². The van der Waals surface area contributed by atoms with Crippen LogP contribution in [-0.2, 0) is 32.7 Å². The van der Waals surface area contributed by atoms with E-state index in [1.807, 2.05) is 0 Å². The predicted molar refractivity (Wildman–Crippen MR) is 17.7 cm³/mol. The molecule has 5 heavy (non-hydrogen) atoms. The summed E-state index contributed by atoms with van der Waals surface area (Å²) in [6.07, 6.45) is 0. The molecule has 0 aromatic heterocycles. The van der Waals surface area contributed by atoms with Gasteiger partial charge >= 0.3 is 0 Å². The van der Waals surface area contributed by atoms with Gasteiger partial charge in [0.25, 0.3) is 0 Å². The molecule has 0 aromatic carbocycles. The van der Waals surface area contributed by atoms with Crippen LogP contribution >= 0.6 is 0 Å². The molecule has 25 valence electrons. The molecule has 0 saturated carbocycles. The Bertz CT molecular complexity index is 26.6. The third kappa shape index (κ3) is 89.8. The third-order valence-electron chi connectivity index (χ3n) is 0. The molecule has 0 unspecified atom stereocenters. The van der Waals surface area contributed by atoms with Gasteiger partial charge in [-0.25, -0.2) is 0 Å². The summed E-state index contributed by atoms with van der Waals surface area (Å²) in [5, 5.41) is 0. The first-order valence-electron chi connectivity index (χ1n) is 0.957. The fourth-order valence-corrected chi connectivity index (χ4v) is 0. The quantitative estimate of drug-likeness (QED) is 0.441. The van der Waals surface area contributed by atoms with E-state index in [-0.39, 0.29) is 38.3 Å². The number of allylic oxidation sites excluding steroid dienone is 1. The van der Waals surface area contributed by atoms with E-state index in [0.29, 0.717) is 0 Å². The summed E-state index contributed by atoms with van der Waals surface area (Å²) < 4.78 is 0. The maximum atomic E-state index is 6.28. The zero-order valence-electron chi connectivity index (χ0n) is 2.99. The summed E-state index contributed by atoms with van der Waals surface area (Å²) in [5.41, 5.74) is 0.167. The molecule has 0 saturated heterocycles. The van der Waals surface area contributed by atoms with Crippen LogP contribution < -0.4 is 0 Å². The molecule has 0 nitrogen and oxygen atoms in total. The number of hydrogen-bond acceptors (Lipinski definition) is 0. The molecule has 0 heterocycles. The smallest absolute Gasteiger partial charge is 0 e. The number of rotatable bonds is 0. The zero-order valence-corrected chi connectivity index (χ0v) is 5.83. The molecule has 0 spiro atoms. The first-order valence-corrected chi connectivity index (χ1v) is 0.957. The Hall–Kier alpha value is 0.584. The third-order valence-corrected chi connectivity index (χ3v) is 0. The minimum Gasteiger partial charge on any atom is -0.505 e. The molecular weight excluding hydrogens is 137 g/mol. The maximum absolute atomic E-state index is 6.28. The molecule has 3 radical (unpaired) electrons. The second kappa shape index (κ2) is 4.58. The molecule has 0 aliphatic rings. The van der Waals surface area contributed by atoms with Gasteiger partial charge in [-0.3, -0.25) is 0 Å². The number of hydrogen-bond donors (Lipinski definition) is 0. The molecule has 0 bridgehead atoms. The van der Waals surface area contributed by atoms with Gasteiger partial charge < -0.3 is 26.0 Å².